The normalized spacial score (nSPS) is 16.3. The molecule has 4 rings (SSSR count). The van der Waals surface area contributed by atoms with Gasteiger partial charge < -0.3 is 9.80 Å². The van der Waals surface area contributed by atoms with Gasteiger partial charge in [0.1, 0.15) is 0 Å². The summed E-state index contributed by atoms with van der Waals surface area (Å²) in [6.45, 7) is 9.96. The first-order valence-corrected chi connectivity index (χ1v) is 8.02. The molecular weight excluding hydrogens is 286 g/mol. The maximum absolute atomic E-state index is 4.91. The first-order chi connectivity index (χ1) is 11.2. The van der Waals surface area contributed by atoms with Crippen molar-refractivity contribution in [3.05, 3.63) is 42.1 Å². The van der Waals surface area contributed by atoms with E-state index in [9.17, 15) is 0 Å². The van der Waals surface area contributed by atoms with Crippen LogP contribution in [0.15, 0.2) is 30.8 Å². The smallest absolute Gasteiger partial charge is 0.227 e. The Morgan fingerprint density at radius 2 is 1.91 bits per heavy atom. The molecule has 0 spiro atoms. The molecule has 3 aromatic rings. The van der Waals surface area contributed by atoms with Crippen molar-refractivity contribution in [1.29, 1.82) is 0 Å². The highest BCUT2D eigenvalue weighted by Gasteiger charge is 2.20. The Morgan fingerprint density at radius 3 is 2.65 bits per heavy atom. The lowest BCUT2D eigenvalue weighted by Crippen LogP contribution is -2.45. The van der Waals surface area contributed by atoms with Crippen molar-refractivity contribution in [2.75, 3.05) is 38.1 Å². The fraction of sp³-hybridized carbons (Fsp3) is 0.333. The minimum absolute atomic E-state index is 0.944. The van der Waals surface area contributed by atoms with Gasteiger partial charge in [0, 0.05) is 31.6 Å². The van der Waals surface area contributed by atoms with Gasteiger partial charge in [-0.3, -0.25) is 0 Å². The fourth-order valence-electron chi connectivity index (χ4n) is 3.19. The molecule has 3 heterocycles. The topological polar surface area (TPSA) is 36.7 Å². The average molecular weight is 307 g/mol. The van der Waals surface area contributed by atoms with Crippen LogP contribution in [0.5, 0.6) is 0 Å². The third-order valence-corrected chi connectivity index (χ3v) is 4.56. The van der Waals surface area contributed by atoms with Gasteiger partial charge in [0.2, 0.25) is 5.95 Å². The second kappa shape index (κ2) is 5.35. The molecule has 1 fully saturated rings. The molecule has 0 radical (unpaired) electrons. The Balaban J connectivity index is 1.94. The van der Waals surface area contributed by atoms with Gasteiger partial charge in [-0.15, -0.1) is 0 Å². The first-order valence-electron chi connectivity index (χ1n) is 8.02. The molecule has 118 valence electrons. The summed E-state index contributed by atoms with van der Waals surface area (Å²) in [5.74, 6) is 0.944. The third kappa shape index (κ3) is 2.37. The highest BCUT2D eigenvalue weighted by Crippen LogP contribution is 2.26. The Hall–Kier alpha value is -2.40. The van der Waals surface area contributed by atoms with Gasteiger partial charge in [0.25, 0.3) is 0 Å². The van der Waals surface area contributed by atoms with Crippen LogP contribution in [-0.4, -0.2) is 52.7 Å². The Labute approximate surface area is 135 Å². The molecule has 0 bridgehead atoms. The zero-order valence-electron chi connectivity index (χ0n) is 13.7. The highest BCUT2D eigenvalue weighted by atomic mass is 15.4. The van der Waals surface area contributed by atoms with Crippen molar-refractivity contribution < 1.29 is 0 Å². The number of benzene rings is 1. The standard InChI is InChI=1S/C18H21N5/c1-4-14-5-6-16-15(12-14)17-11-13(2)20-23(17)18(19-16)22-9-7-21(3)8-10-22/h4-6,11-12H,1,7-10H2,2-3H3. The number of anilines is 1. The predicted octanol–water partition coefficient (Wildman–Crippen LogP) is 2.59. The number of piperazine rings is 1. The number of aryl methyl sites for hydroxylation is 1. The molecular formula is C18H21N5. The molecule has 23 heavy (non-hydrogen) atoms. The number of hydrogen-bond acceptors (Lipinski definition) is 4. The van der Waals surface area contributed by atoms with E-state index in [4.69, 9.17) is 4.98 Å². The van der Waals surface area contributed by atoms with Crippen LogP contribution in [0.2, 0.25) is 0 Å². The van der Waals surface area contributed by atoms with Gasteiger partial charge in [-0.1, -0.05) is 18.7 Å². The van der Waals surface area contributed by atoms with Gasteiger partial charge in [-0.05, 0) is 37.7 Å². The lowest BCUT2D eigenvalue weighted by atomic mass is 10.1. The molecule has 1 saturated heterocycles. The van der Waals surface area contributed by atoms with E-state index in [0.29, 0.717) is 0 Å². The van der Waals surface area contributed by atoms with Crippen LogP contribution in [0.1, 0.15) is 11.3 Å². The van der Waals surface area contributed by atoms with Crippen LogP contribution < -0.4 is 4.90 Å². The number of hydrogen-bond donors (Lipinski definition) is 0. The Bertz CT molecular complexity index is 887. The number of nitrogens with zero attached hydrogens (tertiary/aromatic N) is 5. The summed E-state index contributed by atoms with van der Waals surface area (Å²) in [6.07, 6.45) is 1.87. The molecule has 0 atom stereocenters. The maximum Gasteiger partial charge on any atom is 0.227 e. The minimum Gasteiger partial charge on any atom is -0.338 e. The molecule has 0 amide bonds. The molecule has 0 aliphatic carbocycles. The number of aromatic nitrogens is 3. The second-order valence-corrected chi connectivity index (χ2v) is 6.27. The van der Waals surface area contributed by atoms with Gasteiger partial charge in [-0.2, -0.15) is 9.61 Å². The largest absolute Gasteiger partial charge is 0.338 e. The quantitative estimate of drug-likeness (QED) is 0.729. The van der Waals surface area contributed by atoms with Crippen LogP contribution in [0.25, 0.3) is 22.5 Å². The van der Waals surface area contributed by atoms with Crippen molar-refractivity contribution in [2.24, 2.45) is 0 Å². The van der Waals surface area contributed by atoms with Gasteiger partial charge in [0.05, 0.1) is 16.7 Å². The monoisotopic (exact) mass is 307 g/mol. The second-order valence-electron chi connectivity index (χ2n) is 6.27. The summed E-state index contributed by atoms with van der Waals surface area (Å²) in [5, 5.41) is 5.81. The van der Waals surface area contributed by atoms with Crippen molar-refractivity contribution in [1.82, 2.24) is 19.5 Å². The molecule has 0 unspecified atom stereocenters. The molecule has 1 aromatic carbocycles. The summed E-state index contributed by atoms with van der Waals surface area (Å²) in [4.78, 5) is 9.59. The third-order valence-electron chi connectivity index (χ3n) is 4.56. The summed E-state index contributed by atoms with van der Waals surface area (Å²) in [6, 6.07) is 8.42. The van der Waals surface area contributed by atoms with Gasteiger partial charge in [0.15, 0.2) is 0 Å². The van der Waals surface area contributed by atoms with E-state index in [2.05, 4.69) is 52.8 Å². The van der Waals surface area contributed by atoms with Crippen LogP contribution in [0, 0.1) is 6.92 Å². The van der Waals surface area contributed by atoms with Crippen LogP contribution in [0.3, 0.4) is 0 Å². The van der Waals surface area contributed by atoms with Crippen molar-refractivity contribution >= 4 is 28.4 Å². The maximum atomic E-state index is 4.91. The van der Waals surface area contributed by atoms with E-state index >= 15 is 0 Å². The first kappa shape index (κ1) is 14.2. The SMILES string of the molecule is C=Cc1ccc2nc(N3CCN(C)CC3)n3nc(C)cc3c2c1. The van der Waals surface area contributed by atoms with E-state index in [0.717, 1.165) is 59.8 Å². The Kier molecular flexibility index (Phi) is 3.31. The van der Waals surface area contributed by atoms with Crippen molar-refractivity contribution in [2.45, 2.75) is 6.92 Å². The highest BCUT2D eigenvalue weighted by molar-refractivity contribution is 5.96. The molecule has 2 aromatic heterocycles. The molecule has 0 saturated carbocycles. The molecule has 5 heteroatoms. The summed E-state index contributed by atoms with van der Waals surface area (Å²) < 4.78 is 2.00. The lowest BCUT2D eigenvalue weighted by molar-refractivity contribution is 0.310. The molecule has 1 aliphatic heterocycles. The lowest BCUT2D eigenvalue weighted by Gasteiger charge is -2.33. The number of rotatable bonds is 2. The van der Waals surface area contributed by atoms with Crippen LogP contribution in [-0.2, 0) is 0 Å². The number of likely N-dealkylation sites (N-methyl/N-ethyl adjacent to an activating group) is 1. The van der Waals surface area contributed by atoms with E-state index in [1.807, 2.05) is 17.5 Å². The summed E-state index contributed by atoms with van der Waals surface area (Å²) in [5.41, 5.74) is 4.24. The average Bonchev–Trinajstić information content (AvgIpc) is 2.96. The summed E-state index contributed by atoms with van der Waals surface area (Å²) >= 11 is 0. The van der Waals surface area contributed by atoms with Crippen molar-refractivity contribution in [3.63, 3.8) is 0 Å². The van der Waals surface area contributed by atoms with Gasteiger partial charge in [-0.25, -0.2) is 4.98 Å². The van der Waals surface area contributed by atoms with E-state index in [1.54, 1.807) is 0 Å². The Morgan fingerprint density at radius 1 is 1.13 bits per heavy atom. The zero-order chi connectivity index (χ0) is 16.0. The van der Waals surface area contributed by atoms with E-state index in [-0.39, 0.29) is 0 Å². The summed E-state index contributed by atoms with van der Waals surface area (Å²) in [7, 11) is 2.16. The molecule has 1 aliphatic rings. The zero-order valence-corrected chi connectivity index (χ0v) is 13.7. The predicted molar refractivity (Wildman–Crippen MR) is 95.0 cm³/mol. The fourth-order valence-corrected chi connectivity index (χ4v) is 3.19. The molecule has 0 N–H and O–H groups in total. The number of fused-ring (bicyclic) bond motifs is 3. The van der Waals surface area contributed by atoms with E-state index in [1.165, 1.54) is 0 Å². The molecule has 5 nitrogen and oxygen atoms in total. The van der Waals surface area contributed by atoms with E-state index < -0.39 is 0 Å². The van der Waals surface area contributed by atoms with Crippen LogP contribution in [0.4, 0.5) is 5.95 Å². The van der Waals surface area contributed by atoms with Gasteiger partial charge >= 0.3 is 0 Å². The van der Waals surface area contributed by atoms with Crippen LogP contribution >= 0.6 is 0 Å². The minimum atomic E-state index is 0.944. The van der Waals surface area contributed by atoms with Crippen molar-refractivity contribution in [3.8, 4) is 0 Å².